The predicted octanol–water partition coefficient (Wildman–Crippen LogP) is 7.82. The highest BCUT2D eigenvalue weighted by atomic mass is 16.6. The molecule has 0 aliphatic carbocycles. The van der Waals surface area contributed by atoms with Gasteiger partial charge in [-0.25, -0.2) is 4.79 Å². The maximum absolute atomic E-state index is 13.6. The Hall–Kier alpha value is -5.83. The fourth-order valence-corrected chi connectivity index (χ4v) is 4.68. The predicted molar refractivity (Wildman–Crippen MR) is 181 cm³/mol. The Morgan fingerprint density at radius 2 is 0.771 bits per heavy atom. The highest BCUT2D eigenvalue weighted by Gasteiger charge is 2.24. The Bertz CT molecular complexity index is 1750. The molecule has 9 heteroatoms. The van der Waals surface area contributed by atoms with Gasteiger partial charge in [0.05, 0.1) is 28.4 Å². The highest BCUT2D eigenvalue weighted by Crippen LogP contribution is 2.42. The summed E-state index contributed by atoms with van der Waals surface area (Å²) in [7, 11) is 6.44. The van der Waals surface area contributed by atoms with Gasteiger partial charge in [-0.05, 0) is 82.9 Å². The summed E-state index contributed by atoms with van der Waals surface area (Å²) < 4.78 is 45.9. The number of esters is 1. The van der Waals surface area contributed by atoms with Gasteiger partial charge in [-0.2, -0.15) is 0 Å². The van der Waals surface area contributed by atoms with E-state index in [1.807, 2.05) is 97.1 Å². The van der Waals surface area contributed by atoms with E-state index >= 15 is 0 Å². The smallest absolute Gasteiger partial charge is 0.342 e. The lowest BCUT2D eigenvalue weighted by molar-refractivity contribution is 0.0466. The molecule has 5 rings (SSSR count). The van der Waals surface area contributed by atoms with Crippen molar-refractivity contribution in [2.45, 2.75) is 26.4 Å². The van der Waals surface area contributed by atoms with Crippen molar-refractivity contribution in [3.05, 3.63) is 137 Å². The van der Waals surface area contributed by atoms with Gasteiger partial charge in [0.15, 0.2) is 11.5 Å². The molecule has 0 bridgehead atoms. The summed E-state index contributed by atoms with van der Waals surface area (Å²) in [6.45, 7) is 0.607. The fraction of sp³-hybridized carbons (Fsp3) is 0.205. The zero-order valence-corrected chi connectivity index (χ0v) is 27.4. The van der Waals surface area contributed by atoms with E-state index in [0.717, 1.165) is 39.5 Å². The van der Waals surface area contributed by atoms with Gasteiger partial charge in [-0.15, -0.1) is 0 Å². The van der Waals surface area contributed by atoms with Gasteiger partial charge in [0.1, 0.15) is 55.0 Å². The van der Waals surface area contributed by atoms with Gasteiger partial charge >= 0.3 is 5.97 Å². The van der Waals surface area contributed by atoms with Crippen molar-refractivity contribution < 1.29 is 42.7 Å². The topological polar surface area (TPSA) is 90.9 Å². The monoisotopic (exact) mass is 650 g/mol. The number of hydrogen-bond donors (Lipinski definition) is 0. The lowest BCUT2D eigenvalue weighted by Crippen LogP contribution is -2.11. The van der Waals surface area contributed by atoms with Crippen LogP contribution < -0.4 is 33.2 Å². The molecule has 0 aliphatic rings. The van der Waals surface area contributed by atoms with Crippen molar-refractivity contribution >= 4 is 5.97 Å². The van der Waals surface area contributed by atoms with Gasteiger partial charge in [0.2, 0.25) is 5.75 Å². The second-order valence-corrected chi connectivity index (χ2v) is 10.6. The molecule has 0 aromatic heterocycles. The van der Waals surface area contributed by atoms with Crippen molar-refractivity contribution in [3.63, 3.8) is 0 Å². The van der Waals surface area contributed by atoms with Crippen LogP contribution in [0.5, 0.6) is 40.2 Å². The molecule has 0 N–H and O–H groups in total. The van der Waals surface area contributed by atoms with Crippen LogP contribution in [-0.2, 0) is 31.2 Å². The molecule has 248 valence electrons. The molecular formula is C39H38O9. The number of hydrogen-bond acceptors (Lipinski definition) is 9. The van der Waals surface area contributed by atoms with Gasteiger partial charge < -0.3 is 37.9 Å². The highest BCUT2D eigenvalue weighted by molar-refractivity contribution is 5.94. The van der Waals surface area contributed by atoms with E-state index in [0.29, 0.717) is 11.5 Å². The van der Waals surface area contributed by atoms with Crippen molar-refractivity contribution in [2.24, 2.45) is 0 Å². The minimum absolute atomic E-state index is 0.0541. The molecule has 5 aromatic carbocycles. The molecule has 5 aromatic rings. The van der Waals surface area contributed by atoms with Crippen molar-refractivity contribution in [1.29, 1.82) is 0 Å². The average Bonchev–Trinajstić information content (AvgIpc) is 3.15. The Morgan fingerprint density at radius 1 is 0.417 bits per heavy atom. The SMILES string of the molecule is COc1ccc(COC(=O)c2ccc(OCc3ccc(OC)cc3)c(OCc3ccc(OC)cc3)c2OCc2ccc(OC)cc2)cc1. The van der Waals surface area contributed by atoms with Crippen LogP contribution in [0.25, 0.3) is 0 Å². The summed E-state index contributed by atoms with van der Waals surface area (Å²) in [6.07, 6.45) is 0. The Balaban J connectivity index is 1.47. The van der Waals surface area contributed by atoms with Crippen LogP contribution in [0, 0.1) is 0 Å². The quantitative estimate of drug-likeness (QED) is 0.0992. The molecule has 9 nitrogen and oxygen atoms in total. The van der Waals surface area contributed by atoms with Crippen molar-refractivity contribution in [1.82, 2.24) is 0 Å². The van der Waals surface area contributed by atoms with Gasteiger partial charge in [0, 0.05) is 0 Å². The summed E-state index contributed by atoms with van der Waals surface area (Å²) in [5.41, 5.74) is 3.66. The Morgan fingerprint density at radius 3 is 1.17 bits per heavy atom. The Kier molecular flexibility index (Phi) is 11.6. The molecule has 0 heterocycles. The molecule has 0 atom stereocenters. The molecule has 0 unspecified atom stereocenters. The number of rotatable bonds is 16. The third-order valence-corrected chi connectivity index (χ3v) is 7.46. The maximum atomic E-state index is 13.6. The first-order valence-corrected chi connectivity index (χ1v) is 15.2. The first-order chi connectivity index (χ1) is 23.5. The van der Waals surface area contributed by atoms with Crippen LogP contribution >= 0.6 is 0 Å². The number of carbonyl (C=O) groups is 1. The second kappa shape index (κ2) is 16.6. The number of benzene rings is 5. The van der Waals surface area contributed by atoms with Crippen LogP contribution in [0.1, 0.15) is 32.6 Å². The molecule has 0 radical (unpaired) electrons. The van der Waals surface area contributed by atoms with E-state index in [1.165, 1.54) is 0 Å². The second-order valence-electron chi connectivity index (χ2n) is 10.6. The van der Waals surface area contributed by atoms with E-state index in [2.05, 4.69) is 0 Å². The molecule has 48 heavy (non-hydrogen) atoms. The van der Waals surface area contributed by atoms with Crippen LogP contribution in [0.2, 0.25) is 0 Å². The summed E-state index contributed by atoms with van der Waals surface area (Å²) in [6, 6.07) is 33.2. The summed E-state index contributed by atoms with van der Waals surface area (Å²) in [5, 5.41) is 0. The summed E-state index contributed by atoms with van der Waals surface area (Å²) in [5.74, 6) is 3.20. The van der Waals surface area contributed by atoms with E-state index in [1.54, 1.807) is 40.6 Å². The summed E-state index contributed by atoms with van der Waals surface area (Å²) in [4.78, 5) is 13.6. The molecule has 0 fully saturated rings. The molecule has 0 saturated heterocycles. The zero-order chi connectivity index (χ0) is 33.7. The zero-order valence-electron chi connectivity index (χ0n) is 27.4. The van der Waals surface area contributed by atoms with Crippen LogP contribution in [0.4, 0.5) is 0 Å². The molecule has 0 amide bonds. The third kappa shape index (κ3) is 8.91. The minimum atomic E-state index is -0.577. The molecule has 0 saturated carbocycles. The lowest BCUT2D eigenvalue weighted by Gasteiger charge is -2.20. The van der Waals surface area contributed by atoms with Crippen molar-refractivity contribution in [3.8, 4) is 40.2 Å². The first kappa shape index (κ1) is 33.5. The maximum Gasteiger partial charge on any atom is 0.342 e. The van der Waals surface area contributed by atoms with E-state index in [9.17, 15) is 4.79 Å². The molecular weight excluding hydrogens is 612 g/mol. The van der Waals surface area contributed by atoms with E-state index < -0.39 is 5.97 Å². The van der Waals surface area contributed by atoms with Gasteiger partial charge in [0.25, 0.3) is 0 Å². The van der Waals surface area contributed by atoms with Crippen LogP contribution in [0.15, 0.2) is 109 Å². The van der Waals surface area contributed by atoms with E-state index in [-0.39, 0.29) is 43.5 Å². The lowest BCUT2D eigenvalue weighted by atomic mass is 10.1. The summed E-state index contributed by atoms with van der Waals surface area (Å²) >= 11 is 0. The standard InChI is InChI=1S/C39H38O9/c1-41-31-13-5-27(6-14-31)23-45-36-22-21-35(39(40)48-26-30-11-19-34(44-4)20-12-30)37(46-24-28-7-15-32(42-2)16-8-28)38(36)47-25-29-9-17-33(43-3)18-10-29/h5-22H,23-26H2,1-4H3. The fourth-order valence-electron chi connectivity index (χ4n) is 4.68. The Labute approximate surface area is 280 Å². The van der Waals surface area contributed by atoms with E-state index in [4.69, 9.17) is 37.9 Å². The third-order valence-electron chi connectivity index (χ3n) is 7.46. The minimum Gasteiger partial charge on any atom is -0.497 e. The van der Waals surface area contributed by atoms with Crippen LogP contribution in [-0.4, -0.2) is 34.4 Å². The number of carbonyl (C=O) groups excluding carboxylic acids is 1. The van der Waals surface area contributed by atoms with Gasteiger partial charge in [-0.3, -0.25) is 0 Å². The largest absolute Gasteiger partial charge is 0.497 e. The molecule has 0 spiro atoms. The average molecular weight is 651 g/mol. The molecule has 0 aliphatic heterocycles. The first-order valence-electron chi connectivity index (χ1n) is 15.2. The number of methoxy groups -OCH3 is 4. The number of ether oxygens (including phenoxy) is 8. The van der Waals surface area contributed by atoms with Crippen LogP contribution in [0.3, 0.4) is 0 Å². The van der Waals surface area contributed by atoms with Crippen molar-refractivity contribution in [2.75, 3.05) is 28.4 Å². The normalized spacial score (nSPS) is 10.5. The van der Waals surface area contributed by atoms with Gasteiger partial charge in [-0.1, -0.05) is 48.5 Å².